The molecule has 0 aliphatic carbocycles. The van der Waals surface area contributed by atoms with Gasteiger partial charge < -0.3 is 10.8 Å². The zero-order valence-electron chi connectivity index (χ0n) is 10.2. The molecule has 0 aromatic heterocycles. The van der Waals surface area contributed by atoms with E-state index in [0.717, 1.165) is 18.6 Å². The maximum Gasteiger partial charge on any atom is 0.159 e. The summed E-state index contributed by atoms with van der Waals surface area (Å²) in [6.45, 7) is 4.10. The van der Waals surface area contributed by atoms with Crippen LogP contribution in [0.1, 0.15) is 38.3 Å². The molecule has 4 heteroatoms. The summed E-state index contributed by atoms with van der Waals surface area (Å²) in [7, 11) is 0. The van der Waals surface area contributed by atoms with E-state index >= 15 is 0 Å². The molecule has 1 aromatic rings. The summed E-state index contributed by atoms with van der Waals surface area (Å²) in [5.74, 6) is -1.37. The van der Waals surface area contributed by atoms with Crippen molar-refractivity contribution < 1.29 is 13.9 Å². The Bertz CT molecular complexity index is 368. The zero-order chi connectivity index (χ0) is 13.0. The average Bonchev–Trinajstić information content (AvgIpc) is 2.28. The Balaban J connectivity index is 2.67. The van der Waals surface area contributed by atoms with Crippen molar-refractivity contribution in [1.82, 2.24) is 0 Å². The summed E-state index contributed by atoms with van der Waals surface area (Å²) < 4.78 is 25.7. The highest BCUT2D eigenvalue weighted by Crippen LogP contribution is 2.21. The predicted octanol–water partition coefficient (Wildman–Crippen LogP) is 2.76. The molecular weight excluding hydrogens is 224 g/mol. The summed E-state index contributed by atoms with van der Waals surface area (Å²) in [4.78, 5) is 0. The standard InChI is InChI=1S/C13H19F2NO/c1-8(2)3-6-12(17)13(16)9-4-5-10(14)11(15)7-9/h4-5,7-8,12-13,17H,3,6,16H2,1-2H3/t12-,13+/m1/s1. The van der Waals surface area contributed by atoms with E-state index in [-0.39, 0.29) is 0 Å². The van der Waals surface area contributed by atoms with Crippen LogP contribution in [0.15, 0.2) is 18.2 Å². The molecule has 17 heavy (non-hydrogen) atoms. The predicted molar refractivity (Wildman–Crippen MR) is 63.4 cm³/mol. The summed E-state index contributed by atoms with van der Waals surface area (Å²) in [5, 5.41) is 9.84. The molecule has 0 saturated heterocycles. The number of rotatable bonds is 5. The van der Waals surface area contributed by atoms with Crippen LogP contribution in [0.5, 0.6) is 0 Å². The molecule has 0 radical (unpaired) electrons. The lowest BCUT2D eigenvalue weighted by Gasteiger charge is -2.20. The average molecular weight is 243 g/mol. The van der Waals surface area contributed by atoms with Gasteiger partial charge >= 0.3 is 0 Å². The van der Waals surface area contributed by atoms with Gasteiger partial charge in [0.05, 0.1) is 12.1 Å². The van der Waals surface area contributed by atoms with E-state index in [0.29, 0.717) is 17.9 Å². The fraction of sp³-hybridized carbons (Fsp3) is 0.538. The highest BCUT2D eigenvalue weighted by atomic mass is 19.2. The van der Waals surface area contributed by atoms with Gasteiger partial charge in [-0.2, -0.15) is 0 Å². The van der Waals surface area contributed by atoms with Crippen molar-refractivity contribution in [1.29, 1.82) is 0 Å². The summed E-state index contributed by atoms with van der Waals surface area (Å²) in [6, 6.07) is 2.80. The third-order valence-electron chi connectivity index (χ3n) is 2.78. The molecule has 0 aliphatic heterocycles. The van der Waals surface area contributed by atoms with E-state index in [2.05, 4.69) is 13.8 Å². The summed E-state index contributed by atoms with van der Waals surface area (Å²) in [6.07, 6.45) is 0.665. The van der Waals surface area contributed by atoms with Gasteiger partial charge in [0.15, 0.2) is 11.6 Å². The molecule has 0 unspecified atom stereocenters. The fourth-order valence-corrected chi connectivity index (χ4v) is 1.63. The third-order valence-corrected chi connectivity index (χ3v) is 2.78. The van der Waals surface area contributed by atoms with E-state index < -0.39 is 23.8 Å². The Morgan fingerprint density at radius 3 is 2.35 bits per heavy atom. The van der Waals surface area contributed by atoms with Crippen LogP contribution in [-0.4, -0.2) is 11.2 Å². The van der Waals surface area contributed by atoms with E-state index in [1.54, 1.807) is 0 Å². The fourth-order valence-electron chi connectivity index (χ4n) is 1.63. The maximum atomic E-state index is 13.0. The Kier molecular flexibility index (Phi) is 5.02. The van der Waals surface area contributed by atoms with Gasteiger partial charge in [-0.3, -0.25) is 0 Å². The number of hydrogen-bond acceptors (Lipinski definition) is 2. The molecule has 1 aromatic carbocycles. The first-order valence-corrected chi connectivity index (χ1v) is 5.80. The second kappa shape index (κ2) is 6.07. The van der Waals surface area contributed by atoms with Crippen LogP contribution in [0.25, 0.3) is 0 Å². The van der Waals surface area contributed by atoms with Crippen LogP contribution in [-0.2, 0) is 0 Å². The van der Waals surface area contributed by atoms with Crippen molar-refractivity contribution in [3.8, 4) is 0 Å². The third kappa shape index (κ3) is 4.06. The van der Waals surface area contributed by atoms with Crippen molar-refractivity contribution in [3.63, 3.8) is 0 Å². The van der Waals surface area contributed by atoms with Gasteiger partial charge in [-0.15, -0.1) is 0 Å². The lowest BCUT2D eigenvalue weighted by atomic mass is 9.96. The van der Waals surface area contributed by atoms with Crippen LogP contribution in [0, 0.1) is 17.6 Å². The van der Waals surface area contributed by atoms with E-state index in [1.807, 2.05) is 0 Å². The molecule has 1 rings (SSSR count). The van der Waals surface area contributed by atoms with Gasteiger partial charge in [0.25, 0.3) is 0 Å². The lowest BCUT2D eigenvalue weighted by molar-refractivity contribution is 0.128. The molecule has 2 atom stereocenters. The Hall–Kier alpha value is -1.00. The van der Waals surface area contributed by atoms with Crippen LogP contribution < -0.4 is 5.73 Å². The first-order chi connectivity index (χ1) is 7.91. The van der Waals surface area contributed by atoms with Gasteiger partial charge in [0.1, 0.15) is 0 Å². The van der Waals surface area contributed by atoms with Gasteiger partial charge in [-0.1, -0.05) is 19.9 Å². The second-order valence-corrected chi connectivity index (χ2v) is 4.74. The molecule has 0 bridgehead atoms. The van der Waals surface area contributed by atoms with Crippen LogP contribution in [0.2, 0.25) is 0 Å². The van der Waals surface area contributed by atoms with Crippen molar-refractivity contribution in [2.75, 3.05) is 0 Å². The van der Waals surface area contributed by atoms with Gasteiger partial charge in [-0.05, 0) is 36.5 Å². The van der Waals surface area contributed by atoms with Crippen molar-refractivity contribution in [2.45, 2.75) is 38.8 Å². The van der Waals surface area contributed by atoms with E-state index in [4.69, 9.17) is 5.73 Å². The molecule has 2 nitrogen and oxygen atoms in total. The van der Waals surface area contributed by atoms with Crippen molar-refractivity contribution in [2.24, 2.45) is 11.7 Å². The summed E-state index contributed by atoms with van der Waals surface area (Å²) in [5.41, 5.74) is 6.22. The van der Waals surface area contributed by atoms with E-state index in [9.17, 15) is 13.9 Å². The molecule has 0 heterocycles. The minimum absolute atomic E-state index is 0.417. The van der Waals surface area contributed by atoms with Gasteiger partial charge in [0, 0.05) is 0 Å². The maximum absolute atomic E-state index is 13.0. The molecule has 0 spiro atoms. The number of aliphatic hydroxyl groups excluding tert-OH is 1. The van der Waals surface area contributed by atoms with Gasteiger partial charge in [-0.25, -0.2) is 8.78 Å². The second-order valence-electron chi connectivity index (χ2n) is 4.74. The minimum atomic E-state index is -0.936. The topological polar surface area (TPSA) is 46.2 Å². The van der Waals surface area contributed by atoms with E-state index in [1.165, 1.54) is 6.07 Å². The first kappa shape index (κ1) is 14.1. The Labute approximate surface area is 100 Å². The van der Waals surface area contributed by atoms with Crippen LogP contribution >= 0.6 is 0 Å². The normalized spacial score (nSPS) is 15.0. The molecule has 96 valence electrons. The first-order valence-electron chi connectivity index (χ1n) is 5.80. The quantitative estimate of drug-likeness (QED) is 0.835. The molecule has 0 fully saturated rings. The zero-order valence-corrected chi connectivity index (χ0v) is 10.2. The minimum Gasteiger partial charge on any atom is -0.391 e. The number of benzene rings is 1. The number of nitrogens with two attached hydrogens (primary N) is 1. The molecule has 3 N–H and O–H groups in total. The molecule has 0 aliphatic rings. The Morgan fingerprint density at radius 2 is 1.82 bits per heavy atom. The van der Waals surface area contributed by atoms with Crippen molar-refractivity contribution >= 4 is 0 Å². The monoisotopic (exact) mass is 243 g/mol. The van der Waals surface area contributed by atoms with Crippen LogP contribution in [0.4, 0.5) is 8.78 Å². The Morgan fingerprint density at radius 1 is 1.18 bits per heavy atom. The highest BCUT2D eigenvalue weighted by Gasteiger charge is 2.18. The van der Waals surface area contributed by atoms with Crippen LogP contribution in [0.3, 0.4) is 0 Å². The molecular formula is C13H19F2NO. The number of aliphatic hydroxyl groups is 1. The van der Waals surface area contributed by atoms with Gasteiger partial charge in [0.2, 0.25) is 0 Å². The smallest absolute Gasteiger partial charge is 0.159 e. The largest absolute Gasteiger partial charge is 0.391 e. The van der Waals surface area contributed by atoms with Crippen molar-refractivity contribution in [3.05, 3.63) is 35.4 Å². The number of hydrogen-bond donors (Lipinski definition) is 2. The highest BCUT2D eigenvalue weighted by molar-refractivity contribution is 5.21. The summed E-state index contributed by atoms with van der Waals surface area (Å²) >= 11 is 0. The SMILES string of the molecule is CC(C)CC[C@@H](O)[C@@H](N)c1ccc(F)c(F)c1. The lowest BCUT2D eigenvalue weighted by Crippen LogP contribution is -2.26. The molecule has 0 saturated carbocycles. The number of halogens is 2. The molecule has 0 amide bonds.